The molecule has 0 bridgehead atoms. The first-order chi connectivity index (χ1) is 10.1. The molecule has 1 aromatic heterocycles. The van der Waals surface area contributed by atoms with E-state index in [0.29, 0.717) is 15.8 Å². The Morgan fingerprint density at radius 3 is 2.52 bits per heavy atom. The Morgan fingerprint density at radius 2 is 1.86 bits per heavy atom. The lowest BCUT2D eigenvalue weighted by Crippen LogP contribution is -2.14. The summed E-state index contributed by atoms with van der Waals surface area (Å²) < 4.78 is 10.4. The third kappa shape index (κ3) is 4.00. The van der Waals surface area contributed by atoms with E-state index in [2.05, 4.69) is 4.98 Å². The second kappa shape index (κ2) is 7.15. The van der Waals surface area contributed by atoms with Crippen molar-refractivity contribution < 1.29 is 14.3 Å². The average molecular weight is 327 g/mol. The van der Waals surface area contributed by atoms with Crippen molar-refractivity contribution in [3.63, 3.8) is 0 Å². The number of rotatable bonds is 5. The molecular weight excluding hydrogens is 315 g/mol. The van der Waals surface area contributed by atoms with Gasteiger partial charge in [-0.1, -0.05) is 29.3 Å². The largest absolute Gasteiger partial charge is 0.487 e. The van der Waals surface area contributed by atoms with Crippen LogP contribution in [0.15, 0.2) is 36.5 Å². The fourth-order valence-corrected chi connectivity index (χ4v) is 2.07. The summed E-state index contributed by atoms with van der Waals surface area (Å²) in [6.45, 7) is 0.157. The minimum absolute atomic E-state index is 0.0364. The van der Waals surface area contributed by atoms with Crippen LogP contribution in [0, 0.1) is 0 Å². The van der Waals surface area contributed by atoms with Crippen molar-refractivity contribution in [3.05, 3.63) is 52.1 Å². The summed E-state index contributed by atoms with van der Waals surface area (Å²) in [7, 11) is 0. The van der Waals surface area contributed by atoms with Gasteiger partial charge in [-0.05, 0) is 24.3 Å². The Labute approximate surface area is 131 Å². The van der Waals surface area contributed by atoms with Crippen molar-refractivity contribution in [1.29, 1.82) is 0 Å². The quantitative estimate of drug-likeness (QED) is 0.674. The number of pyridine rings is 1. The number of benzene rings is 1. The summed E-state index contributed by atoms with van der Waals surface area (Å²) in [4.78, 5) is 15.6. The van der Waals surface area contributed by atoms with Gasteiger partial charge in [-0.3, -0.25) is 0 Å². The van der Waals surface area contributed by atoms with Crippen LogP contribution in [0.1, 0.15) is 10.4 Å². The third-order valence-corrected chi connectivity index (χ3v) is 3.14. The number of halogens is 2. The lowest BCUT2D eigenvalue weighted by Gasteiger charge is -2.10. The predicted octanol–water partition coefficient (Wildman–Crippen LogP) is 3.21. The van der Waals surface area contributed by atoms with Crippen LogP contribution in [0.25, 0.3) is 0 Å². The van der Waals surface area contributed by atoms with Crippen LogP contribution in [0.4, 0.5) is 5.82 Å². The molecule has 0 amide bonds. The van der Waals surface area contributed by atoms with Crippen LogP contribution in [-0.4, -0.2) is 24.2 Å². The normalized spacial score (nSPS) is 10.2. The number of carbonyl (C=O) groups excluding carboxylic acids is 1. The molecule has 0 atom stereocenters. The number of hydrogen-bond donors (Lipinski definition) is 1. The first kappa shape index (κ1) is 15.4. The number of aromatic nitrogens is 1. The van der Waals surface area contributed by atoms with Crippen molar-refractivity contribution in [2.45, 2.75) is 0 Å². The van der Waals surface area contributed by atoms with E-state index in [9.17, 15) is 4.79 Å². The Balaban J connectivity index is 1.85. The fourth-order valence-electron chi connectivity index (χ4n) is 1.57. The second-order valence-corrected chi connectivity index (χ2v) is 4.79. The third-order valence-electron chi connectivity index (χ3n) is 2.54. The van der Waals surface area contributed by atoms with Crippen molar-refractivity contribution in [3.8, 4) is 5.75 Å². The highest BCUT2D eigenvalue weighted by Crippen LogP contribution is 2.32. The average Bonchev–Trinajstić information content (AvgIpc) is 2.46. The van der Waals surface area contributed by atoms with Crippen molar-refractivity contribution >= 4 is 35.0 Å². The van der Waals surface area contributed by atoms with E-state index < -0.39 is 5.97 Å². The lowest BCUT2D eigenvalue weighted by molar-refractivity contribution is 0.0451. The van der Waals surface area contributed by atoms with Gasteiger partial charge in [0.05, 0.1) is 10.0 Å². The van der Waals surface area contributed by atoms with E-state index in [1.807, 2.05) is 0 Å². The van der Waals surface area contributed by atoms with Gasteiger partial charge in [0.2, 0.25) is 0 Å². The maximum atomic E-state index is 11.8. The van der Waals surface area contributed by atoms with E-state index in [1.165, 1.54) is 12.3 Å². The SMILES string of the molecule is Nc1ncccc1C(=O)OCCOc1c(Cl)cccc1Cl. The number of esters is 1. The molecule has 110 valence electrons. The molecule has 5 nitrogen and oxygen atoms in total. The standard InChI is InChI=1S/C14H12Cl2N2O3/c15-10-4-1-5-11(16)12(10)20-7-8-21-14(19)9-3-2-6-18-13(9)17/h1-6H,7-8H2,(H2,17,18). The highest BCUT2D eigenvalue weighted by molar-refractivity contribution is 6.37. The molecule has 0 aliphatic rings. The number of carbonyl (C=O) groups is 1. The molecule has 2 rings (SSSR count). The molecule has 0 aliphatic carbocycles. The molecular formula is C14H12Cl2N2O3. The summed E-state index contributed by atoms with van der Waals surface area (Å²) in [5.74, 6) is -0.0789. The predicted molar refractivity (Wildman–Crippen MR) is 80.9 cm³/mol. The number of ether oxygens (including phenoxy) is 2. The summed E-state index contributed by atoms with van der Waals surface area (Å²) in [6, 6.07) is 8.17. The summed E-state index contributed by atoms with van der Waals surface area (Å²) in [6.07, 6.45) is 1.49. The van der Waals surface area contributed by atoms with Gasteiger partial charge in [0, 0.05) is 6.20 Å². The Bertz CT molecular complexity index is 630. The molecule has 0 saturated carbocycles. The maximum Gasteiger partial charge on any atom is 0.342 e. The number of nitrogen functional groups attached to an aromatic ring is 1. The zero-order valence-electron chi connectivity index (χ0n) is 10.9. The first-order valence-electron chi connectivity index (χ1n) is 6.04. The number of para-hydroxylation sites is 1. The van der Waals surface area contributed by atoms with E-state index in [0.717, 1.165) is 0 Å². The van der Waals surface area contributed by atoms with E-state index in [4.69, 9.17) is 38.4 Å². The van der Waals surface area contributed by atoms with Crippen molar-refractivity contribution in [2.75, 3.05) is 18.9 Å². The zero-order chi connectivity index (χ0) is 15.2. The molecule has 7 heteroatoms. The number of nitrogens with zero attached hydrogens (tertiary/aromatic N) is 1. The minimum atomic E-state index is -0.561. The molecule has 0 fully saturated rings. The van der Waals surface area contributed by atoms with Gasteiger partial charge >= 0.3 is 5.97 Å². The van der Waals surface area contributed by atoms with Crippen LogP contribution in [0.2, 0.25) is 10.0 Å². The Hall–Kier alpha value is -1.98. The molecule has 2 N–H and O–H groups in total. The number of anilines is 1. The first-order valence-corrected chi connectivity index (χ1v) is 6.79. The highest BCUT2D eigenvalue weighted by Gasteiger charge is 2.12. The topological polar surface area (TPSA) is 74.4 Å². The Morgan fingerprint density at radius 1 is 1.14 bits per heavy atom. The van der Waals surface area contributed by atoms with Crippen LogP contribution < -0.4 is 10.5 Å². The lowest BCUT2D eigenvalue weighted by atomic mass is 10.2. The van der Waals surface area contributed by atoms with E-state index >= 15 is 0 Å². The maximum absolute atomic E-state index is 11.8. The van der Waals surface area contributed by atoms with Crippen LogP contribution in [0.5, 0.6) is 5.75 Å². The molecule has 0 saturated heterocycles. The number of nitrogens with two attached hydrogens (primary N) is 1. The van der Waals surface area contributed by atoms with Crippen molar-refractivity contribution in [1.82, 2.24) is 4.98 Å². The van der Waals surface area contributed by atoms with Crippen molar-refractivity contribution in [2.24, 2.45) is 0 Å². The molecule has 2 aromatic rings. The summed E-state index contributed by atoms with van der Waals surface area (Å²) >= 11 is 11.9. The van der Waals surface area contributed by atoms with E-state index in [1.54, 1.807) is 24.3 Å². The minimum Gasteiger partial charge on any atom is -0.487 e. The van der Waals surface area contributed by atoms with Gasteiger partial charge in [0.15, 0.2) is 5.75 Å². The van der Waals surface area contributed by atoms with Crippen LogP contribution in [0.3, 0.4) is 0 Å². The van der Waals surface area contributed by atoms with E-state index in [-0.39, 0.29) is 24.6 Å². The monoisotopic (exact) mass is 326 g/mol. The van der Waals surface area contributed by atoms with Gasteiger partial charge in [0.25, 0.3) is 0 Å². The fraction of sp³-hybridized carbons (Fsp3) is 0.143. The molecule has 0 radical (unpaired) electrons. The summed E-state index contributed by atoms with van der Waals surface area (Å²) in [5.41, 5.74) is 5.79. The van der Waals surface area contributed by atoms with Gasteiger partial charge in [-0.15, -0.1) is 0 Å². The molecule has 0 spiro atoms. The van der Waals surface area contributed by atoms with Gasteiger partial charge in [-0.25, -0.2) is 9.78 Å². The summed E-state index contributed by atoms with van der Waals surface area (Å²) in [5, 5.41) is 0.788. The highest BCUT2D eigenvalue weighted by atomic mass is 35.5. The molecule has 0 aliphatic heterocycles. The zero-order valence-corrected chi connectivity index (χ0v) is 12.4. The molecule has 1 aromatic carbocycles. The van der Waals surface area contributed by atoms with Crippen LogP contribution >= 0.6 is 23.2 Å². The molecule has 21 heavy (non-hydrogen) atoms. The van der Waals surface area contributed by atoms with Gasteiger partial charge < -0.3 is 15.2 Å². The van der Waals surface area contributed by atoms with Gasteiger partial charge in [0.1, 0.15) is 24.6 Å². The Kier molecular flexibility index (Phi) is 5.25. The second-order valence-electron chi connectivity index (χ2n) is 3.97. The van der Waals surface area contributed by atoms with Crippen LogP contribution in [-0.2, 0) is 4.74 Å². The smallest absolute Gasteiger partial charge is 0.342 e. The molecule has 0 unspecified atom stereocenters. The van der Waals surface area contributed by atoms with Gasteiger partial charge in [-0.2, -0.15) is 0 Å². The number of hydrogen-bond acceptors (Lipinski definition) is 5. The molecule has 1 heterocycles.